The number of rotatable bonds is 3. The fourth-order valence-corrected chi connectivity index (χ4v) is 2.57. The lowest BCUT2D eigenvalue weighted by Gasteiger charge is -2.38. The van der Waals surface area contributed by atoms with E-state index in [1.54, 1.807) is 11.8 Å². The van der Waals surface area contributed by atoms with Crippen molar-refractivity contribution in [2.45, 2.75) is 44.6 Å². The van der Waals surface area contributed by atoms with Gasteiger partial charge in [0, 0.05) is 25.0 Å². The molecule has 5 heteroatoms. The molecule has 96 valence electrons. The lowest BCUT2D eigenvalue weighted by Crippen LogP contribution is -2.50. The summed E-state index contributed by atoms with van der Waals surface area (Å²) in [6.07, 6.45) is 3.80. The van der Waals surface area contributed by atoms with Gasteiger partial charge in [0.2, 0.25) is 5.91 Å². The second-order valence-corrected chi connectivity index (χ2v) is 5.82. The van der Waals surface area contributed by atoms with Crippen LogP contribution >= 0.6 is 0 Å². The maximum atomic E-state index is 12.0. The molecule has 1 atom stereocenters. The van der Waals surface area contributed by atoms with E-state index in [0.717, 1.165) is 19.3 Å². The minimum atomic E-state index is -0.820. The molecule has 0 aromatic rings. The van der Waals surface area contributed by atoms with Gasteiger partial charge in [0.25, 0.3) is 0 Å². The third-order valence-corrected chi connectivity index (χ3v) is 4.19. The maximum absolute atomic E-state index is 12.0. The summed E-state index contributed by atoms with van der Waals surface area (Å²) in [7, 11) is 0. The number of likely N-dealkylation sites (tertiary alicyclic amines) is 1. The summed E-state index contributed by atoms with van der Waals surface area (Å²) in [5, 5.41) is 9.10. The molecule has 0 aromatic carbocycles. The molecule has 1 aliphatic carbocycles. The Morgan fingerprint density at radius 2 is 2.00 bits per heavy atom. The third kappa shape index (κ3) is 2.29. The van der Waals surface area contributed by atoms with Gasteiger partial charge in [-0.05, 0) is 32.6 Å². The van der Waals surface area contributed by atoms with E-state index in [4.69, 9.17) is 10.8 Å². The molecule has 2 rings (SSSR count). The Morgan fingerprint density at radius 1 is 1.35 bits per heavy atom. The molecule has 1 unspecified atom stereocenters. The monoisotopic (exact) mass is 240 g/mol. The number of amides is 1. The van der Waals surface area contributed by atoms with E-state index in [2.05, 4.69) is 0 Å². The Balaban J connectivity index is 1.92. The van der Waals surface area contributed by atoms with Gasteiger partial charge >= 0.3 is 5.97 Å². The van der Waals surface area contributed by atoms with Crippen molar-refractivity contribution in [3.63, 3.8) is 0 Å². The first-order valence-corrected chi connectivity index (χ1v) is 6.15. The SMILES string of the molecule is CC1(C(=O)O)CCN(C(=O)CC2(N)CCC2)C1. The van der Waals surface area contributed by atoms with Gasteiger partial charge in [-0.1, -0.05) is 0 Å². The summed E-state index contributed by atoms with van der Waals surface area (Å²) < 4.78 is 0. The molecule has 0 aromatic heterocycles. The van der Waals surface area contributed by atoms with E-state index in [0.29, 0.717) is 25.9 Å². The molecule has 1 aliphatic heterocycles. The van der Waals surface area contributed by atoms with Crippen LogP contribution in [0.3, 0.4) is 0 Å². The van der Waals surface area contributed by atoms with E-state index in [9.17, 15) is 9.59 Å². The fourth-order valence-electron chi connectivity index (χ4n) is 2.57. The fraction of sp³-hybridized carbons (Fsp3) is 0.833. The molecule has 0 radical (unpaired) electrons. The lowest BCUT2D eigenvalue weighted by molar-refractivity contribution is -0.147. The molecule has 2 fully saturated rings. The molecule has 1 saturated heterocycles. The highest BCUT2D eigenvalue weighted by molar-refractivity contribution is 5.81. The van der Waals surface area contributed by atoms with Crippen LogP contribution in [0.1, 0.15) is 39.0 Å². The van der Waals surface area contributed by atoms with Gasteiger partial charge in [-0.3, -0.25) is 9.59 Å². The van der Waals surface area contributed by atoms with Gasteiger partial charge in [0.05, 0.1) is 5.41 Å². The summed E-state index contributed by atoms with van der Waals surface area (Å²) in [6.45, 7) is 2.55. The van der Waals surface area contributed by atoms with Crippen LogP contribution in [-0.2, 0) is 9.59 Å². The minimum Gasteiger partial charge on any atom is -0.481 e. The van der Waals surface area contributed by atoms with Crippen LogP contribution in [0.25, 0.3) is 0 Å². The van der Waals surface area contributed by atoms with Crippen molar-refractivity contribution in [3.05, 3.63) is 0 Å². The molecule has 1 saturated carbocycles. The number of carbonyl (C=O) groups excluding carboxylic acids is 1. The van der Waals surface area contributed by atoms with E-state index < -0.39 is 11.4 Å². The summed E-state index contributed by atoms with van der Waals surface area (Å²) in [4.78, 5) is 24.8. The summed E-state index contributed by atoms with van der Waals surface area (Å²) in [5.74, 6) is -0.809. The molecule has 1 heterocycles. The summed E-state index contributed by atoms with van der Waals surface area (Å²) in [6, 6.07) is 0. The standard InChI is InChI=1S/C12H20N2O3/c1-11(10(16)17)5-6-14(8-11)9(15)7-12(13)3-2-4-12/h2-8,13H2,1H3,(H,16,17). The summed E-state index contributed by atoms with van der Waals surface area (Å²) >= 11 is 0. The molecule has 3 N–H and O–H groups in total. The zero-order valence-electron chi connectivity index (χ0n) is 10.2. The second-order valence-electron chi connectivity index (χ2n) is 5.82. The van der Waals surface area contributed by atoms with Crippen molar-refractivity contribution in [1.29, 1.82) is 0 Å². The summed E-state index contributed by atoms with van der Waals surface area (Å²) in [5.41, 5.74) is 4.93. The van der Waals surface area contributed by atoms with Gasteiger partial charge in [0.1, 0.15) is 0 Å². The Morgan fingerprint density at radius 3 is 2.41 bits per heavy atom. The van der Waals surface area contributed by atoms with Crippen molar-refractivity contribution >= 4 is 11.9 Å². The first-order valence-electron chi connectivity index (χ1n) is 6.15. The first-order chi connectivity index (χ1) is 7.85. The average Bonchev–Trinajstić information content (AvgIpc) is 2.60. The van der Waals surface area contributed by atoms with Crippen LogP contribution in [0.15, 0.2) is 0 Å². The van der Waals surface area contributed by atoms with Gasteiger partial charge < -0.3 is 15.7 Å². The quantitative estimate of drug-likeness (QED) is 0.756. The van der Waals surface area contributed by atoms with E-state index >= 15 is 0 Å². The van der Waals surface area contributed by atoms with E-state index in [1.807, 2.05) is 0 Å². The molecular weight excluding hydrogens is 220 g/mol. The Kier molecular flexibility index (Phi) is 2.89. The molecule has 5 nitrogen and oxygen atoms in total. The Labute approximate surface area is 101 Å². The normalized spacial score (nSPS) is 31.1. The molecule has 0 bridgehead atoms. The number of carbonyl (C=O) groups is 2. The number of hydrogen-bond acceptors (Lipinski definition) is 3. The van der Waals surface area contributed by atoms with Gasteiger partial charge in [0.15, 0.2) is 0 Å². The highest BCUT2D eigenvalue weighted by Crippen LogP contribution is 2.35. The number of nitrogens with zero attached hydrogens (tertiary/aromatic N) is 1. The predicted octanol–water partition coefficient (Wildman–Crippen LogP) is 0.581. The highest BCUT2D eigenvalue weighted by Gasteiger charge is 2.44. The van der Waals surface area contributed by atoms with Crippen molar-refractivity contribution in [2.24, 2.45) is 11.1 Å². The van der Waals surface area contributed by atoms with Gasteiger partial charge in [-0.25, -0.2) is 0 Å². The largest absolute Gasteiger partial charge is 0.481 e. The lowest BCUT2D eigenvalue weighted by atomic mass is 9.75. The highest BCUT2D eigenvalue weighted by atomic mass is 16.4. The van der Waals surface area contributed by atoms with E-state index in [-0.39, 0.29) is 11.4 Å². The zero-order chi connectivity index (χ0) is 12.7. The number of carboxylic acids is 1. The van der Waals surface area contributed by atoms with Crippen molar-refractivity contribution < 1.29 is 14.7 Å². The van der Waals surface area contributed by atoms with Crippen LogP contribution in [0, 0.1) is 5.41 Å². The number of aliphatic carboxylic acids is 1. The van der Waals surface area contributed by atoms with Crippen LogP contribution in [0.2, 0.25) is 0 Å². The number of hydrogen-bond donors (Lipinski definition) is 2. The molecule has 17 heavy (non-hydrogen) atoms. The predicted molar refractivity (Wildman–Crippen MR) is 62.3 cm³/mol. The number of nitrogens with two attached hydrogens (primary N) is 1. The van der Waals surface area contributed by atoms with Gasteiger partial charge in [-0.15, -0.1) is 0 Å². The van der Waals surface area contributed by atoms with Crippen LogP contribution < -0.4 is 5.73 Å². The van der Waals surface area contributed by atoms with Gasteiger partial charge in [-0.2, -0.15) is 0 Å². The first kappa shape index (κ1) is 12.4. The molecule has 1 amide bonds. The minimum absolute atomic E-state index is 0.0113. The average molecular weight is 240 g/mol. The number of carboxylic acid groups (broad SMARTS) is 1. The van der Waals surface area contributed by atoms with Crippen LogP contribution in [-0.4, -0.2) is 40.5 Å². The molecular formula is C12H20N2O3. The smallest absolute Gasteiger partial charge is 0.311 e. The van der Waals surface area contributed by atoms with Crippen molar-refractivity contribution in [3.8, 4) is 0 Å². The zero-order valence-corrected chi connectivity index (χ0v) is 10.2. The maximum Gasteiger partial charge on any atom is 0.311 e. The topological polar surface area (TPSA) is 83.6 Å². The van der Waals surface area contributed by atoms with Crippen LogP contribution in [0.5, 0.6) is 0 Å². The Bertz CT molecular complexity index is 352. The van der Waals surface area contributed by atoms with Crippen molar-refractivity contribution in [2.75, 3.05) is 13.1 Å². The van der Waals surface area contributed by atoms with Crippen LogP contribution in [0.4, 0.5) is 0 Å². The van der Waals surface area contributed by atoms with E-state index in [1.165, 1.54) is 0 Å². The molecule has 0 spiro atoms. The molecule has 2 aliphatic rings. The second kappa shape index (κ2) is 3.98. The van der Waals surface area contributed by atoms with Crippen molar-refractivity contribution in [1.82, 2.24) is 4.90 Å². The Hall–Kier alpha value is -1.10. The third-order valence-electron chi connectivity index (χ3n) is 4.19.